The molecule has 100 valence electrons. The molecule has 1 fully saturated rings. The molecule has 3 heteroatoms. The molecule has 0 bridgehead atoms. The summed E-state index contributed by atoms with van der Waals surface area (Å²) in [6.07, 6.45) is 5.51. The first-order valence-corrected chi connectivity index (χ1v) is 7.07. The molecule has 0 radical (unpaired) electrons. The molecule has 1 amide bonds. The second-order valence-electron chi connectivity index (χ2n) is 5.67. The quantitative estimate of drug-likeness (QED) is 0.801. The molecule has 1 saturated heterocycles. The zero-order valence-corrected chi connectivity index (χ0v) is 11.8. The fraction of sp³-hybridized carbons (Fsp3) is 0.929. The third-order valence-electron chi connectivity index (χ3n) is 3.52. The molecule has 0 spiro atoms. The molecule has 1 atom stereocenters. The fourth-order valence-corrected chi connectivity index (χ4v) is 2.77. The van der Waals surface area contributed by atoms with E-state index in [9.17, 15) is 4.79 Å². The largest absolute Gasteiger partial charge is 0.338 e. The number of carbonyl (C=O) groups is 1. The Morgan fingerprint density at radius 2 is 1.88 bits per heavy atom. The first-order valence-electron chi connectivity index (χ1n) is 7.07. The van der Waals surface area contributed by atoms with Gasteiger partial charge in [0.05, 0.1) is 0 Å². The third kappa shape index (κ3) is 4.66. The van der Waals surface area contributed by atoms with E-state index in [4.69, 9.17) is 0 Å². The van der Waals surface area contributed by atoms with Crippen LogP contribution in [0.2, 0.25) is 0 Å². The molecule has 1 aliphatic rings. The molecule has 0 unspecified atom stereocenters. The second-order valence-corrected chi connectivity index (χ2v) is 5.67. The van der Waals surface area contributed by atoms with Crippen molar-refractivity contribution in [2.24, 2.45) is 0 Å². The van der Waals surface area contributed by atoms with Crippen molar-refractivity contribution in [1.82, 2.24) is 10.2 Å². The molecule has 1 aliphatic heterocycles. The maximum atomic E-state index is 12.2. The van der Waals surface area contributed by atoms with Crippen LogP contribution >= 0.6 is 0 Å². The Labute approximate surface area is 106 Å². The van der Waals surface area contributed by atoms with Crippen LogP contribution in [-0.2, 0) is 4.79 Å². The molecule has 0 saturated carbocycles. The molecule has 1 heterocycles. The van der Waals surface area contributed by atoms with E-state index in [0.29, 0.717) is 30.5 Å². The van der Waals surface area contributed by atoms with Gasteiger partial charge in [0.2, 0.25) is 5.91 Å². The Bertz CT molecular complexity index is 224. The molecule has 17 heavy (non-hydrogen) atoms. The number of rotatable bonds is 5. The molecule has 1 N–H and O–H groups in total. The molecule has 0 aromatic carbocycles. The predicted octanol–water partition coefficient (Wildman–Crippen LogP) is 2.55. The highest BCUT2D eigenvalue weighted by Crippen LogP contribution is 2.14. The van der Waals surface area contributed by atoms with Gasteiger partial charge >= 0.3 is 0 Å². The van der Waals surface area contributed by atoms with Gasteiger partial charge in [-0.3, -0.25) is 4.79 Å². The van der Waals surface area contributed by atoms with Crippen LogP contribution in [0.25, 0.3) is 0 Å². The van der Waals surface area contributed by atoms with Crippen LogP contribution in [0.5, 0.6) is 0 Å². The van der Waals surface area contributed by atoms with Crippen LogP contribution in [0.15, 0.2) is 0 Å². The van der Waals surface area contributed by atoms with Gasteiger partial charge in [-0.15, -0.1) is 0 Å². The molecule has 0 aromatic rings. The van der Waals surface area contributed by atoms with Gasteiger partial charge in [0.15, 0.2) is 0 Å². The van der Waals surface area contributed by atoms with E-state index < -0.39 is 0 Å². The fourth-order valence-electron chi connectivity index (χ4n) is 2.77. The molecular formula is C14H28N2O. The van der Waals surface area contributed by atoms with E-state index in [1.54, 1.807) is 0 Å². The van der Waals surface area contributed by atoms with Crippen molar-refractivity contribution in [3.8, 4) is 0 Å². The number of nitrogens with zero attached hydrogens (tertiary/aromatic N) is 1. The van der Waals surface area contributed by atoms with Crippen LogP contribution < -0.4 is 5.32 Å². The second kappa shape index (κ2) is 7.00. The van der Waals surface area contributed by atoms with Crippen molar-refractivity contribution in [3.05, 3.63) is 0 Å². The highest BCUT2D eigenvalue weighted by molar-refractivity contribution is 5.76. The first kappa shape index (κ1) is 14.5. The van der Waals surface area contributed by atoms with Crippen LogP contribution in [0, 0.1) is 0 Å². The van der Waals surface area contributed by atoms with Crippen molar-refractivity contribution in [3.63, 3.8) is 0 Å². The predicted molar refractivity (Wildman–Crippen MR) is 72.0 cm³/mol. The molecule has 0 aliphatic carbocycles. The summed E-state index contributed by atoms with van der Waals surface area (Å²) in [7, 11) is 0. The van der Waals surface area contributed by atoms with E-state index in [0.717, 1.165) is 13.0 Å². The van der Waals surface area contributed by atoms with Gasteiger partial charge in [0.1, 0.15) is 0 Å². The summed E-state index contributed by atoms with van der Waals surface area (Å²) in [5, 5.41) is 3.50. The molecular weight excluding hydrogens is 212 g/mol. The SMILES string of the molecule is CC(C)N(C(=O)CC[C@H]1CCCCN1)C(C)C. The van der Waals surface area contributed by atoms with E-state index >= 15 is 0 Å². The average molecular weight is 240 g/mol. The Kier molecular flexibility index (Phi) is 5.96. The average Bonchev–Trinajstić information content (AvgIpc) is 2.27. The third-order valence-corrected chi connectivity index (χ3v) is 3.52. The van der Waals surface area contributed by atoms with E-state index in [-0.39, 0.29) is 0 Å². The summed E-state index contributed by atoms with van der Waals surface area (Å²) in [5.74, 6) is 0.308. The minimum Gasteiger partial charge on any atom is -0.338 e. The van der Waals surface area contributed by atoms with E-state index in [2.05, 4.69) is 33.0 Å². The van der Waals surface area contributed by atoms with Crippen molar-refractivity contribution in [2.75, 3.05) is 6.54 Å². The van der Waals surface area contributed by atoms with Gasteiger partial charge in [-0.05, 0) is 53.5 Å². The van der Waals surface area contributed by atoms with Crippen LogP contribution in [0.3, 0.4) is 0 Å². The molecule has 3 nitrogen and oxygen atoms in total. The zero-order chi connectivity index (χ0) is 12.8. The highest BCUT2D eigenvalue weighted by atomic mass is 16.2. The van der Waals surface area contributed by atoms with Gasteiger partial charge in [-0.2, -0.15) is 0 Å². The standard InChI is InChI=1S/C14H28N2O/c1-11(2)16(12(3)4)14(17)9-8-13-7-5-6-10-15-13/h11-13,15H,5-10H2,1-4H3/t13-/m1/s1. The van der Waals surface area contributed by atoms with Crippen LogP contribution in [0.1, 0.15) is 59.8 Å². The van der Waals surface area contributed by atoms with Crippen molar-refractivity contribution < 1.29 is 4.79 Å². The molecule has 1 rings (SSSR count). The Morgan fingerprint density at radius 1 is 1.24 bits per heavy atom. The van der Waals surface area contributed by atoms with Gasteiger partial charge in [-0.1, -0.05) is 6.42 Å². The number of hydrogen-bond acceptors (Lipinski definition) is 2. The van der Waals surface area contributed by atoms with Crippen molar-refractivity contribution in [2.45, 2.75) is 77.9 Å². The van der Waals surface area contributed by atoms with Crippen LogP contribution in [0.4, 0.5) is 0 Å². The Hall–Kier alpha value is -0.570. The Morgan fingerprint density at radius 3 is 2.35 bits per heavy atom. The van der Waals surface area contributed by atoms with Crippen molar-refractivity contribution >= 4 is 5.91 Å². The summed E-state index contributed by atoms with van der Waals surface area (Å²) < 4.78 is 0. The van der Waals surface area contributed by atoms with Crippen LogP contribution in [-0.4, -0.2) is 35.5 Å². The topological polar surface area (TPSA) is 32.3 Å². The summed E-state index contributed by atoms with van der Waals surface area (Å²) in [5.41, 5.74) is 0. The number of nitrogens with one attached hydrogen (secondary N) is 1. The highest BCUT2D eigenvalue weighted by Gasteiger charge is 2.21. The van der Waals surface area contributed by atoms with Gasteiger partial charge in [0, 0.05) is 24.5 Å². The summed E-state index contributed by atoms with van der Waals surface area (Å²) >= 11 is 0. The summed E-state index contributed by atoms with van der Waals surface area (Å²) in [6, 6.07) is 1.18. The lowest BCUT2D eigenvalue weighted by molar-refractivity contribution is -0.135. The Balaban J connectivity index is 2.36. The smallest absolute Gasteiger partial charge is 0.223 e. The van der Waals surface area contributed by atoms with Gasteiger partial charge < -0.3 is 10.2 Å². The summed E-state index contributed by atoms with van der Waals surface area (Å²) in [6.45, 7) is 9.50. The maximum Gasteiger partial charge on any atom is 0.223 e. The van der Waals surface area contributed by atoms with E-state index in [1.165, 1.54) is 19.3 Å². The van der Waals surface area contributed by atoms with Gasteiger partial charge in [-0.25, -0.2) is 0 Å². The minimum absolute atomic E-state index is 0.307. The number of carbonyl (C=O) groups excluding carboxylic acids is 1. The van der Waals surface area contributed by atoms with Crippen molar-refractivity contribution in [1.29, 1.82) is 0 Å². The normalized spacial score (nSPS) is 20.9. The first-order chi connectivity index (χ1) is 8.02. The van der Waals surface area contributed by atoms with E-state index in [1.807, 2.05) is 4.90 Å². The lowest BCUT2D eigenvalue weighted by Crippen LogP contribution is -2.43. The molecule has 0 aromatic heterocycles. The zero-order valence-electron chi connectivity index (χ0n) is 11.8. The number of amides is 1. The monoisotopic (exact) mass is 240 g/mol. The lowest BCUT2D eigenvalue weighted by Gasteiger charge is -2.32. The summed E-state index contributed by atoms with van der Waals surface area (Å²) in [4.78, 5) is 14.2. The van der Waals surface area contributed by atoms with Gasteiger partial charge in [0.25, 0.3) is 0 Å². The lowest BCUT2D eigenvalue weighted by atomic mass is 10.00. The number of piperidine rings is 1. The maximum absolute atomic E-state index is 12.2. The number of hydrogen-bond donors (Lipinski definition) is 1. The minimum atomic E-state index is 0.307.